The maximum absolute atomic E-state index is 12.3. The van der Waals surface area contributed by atoms with Crippen LogP contribution in [0.15, 0.2) is 105 Å². The second kappa shape index (κ2) is 36.4. The van der Waals surface area contributed by atoms with Crippen molar-refractivity contribution < 1.29 is 86.5 Å². The average Bonchev–Trinajstić information content (AvgIpc) is 1.78. The van der Waals surface area contributed by atoms with Crippen LogP contribution < -0.4 is 47.9 Å². The number of H-pyrrole nitrogens is 1. The number of thioether (sulfide) groups is 3. The Kier molecular flexibility index (Phi) is 29.3. The summed E-state index contributed by atoms with van der Waals surface area (Å²) < 4.78 is 43.8. The number of methoxy groups -OCH3 is 4. The van der Waals surface area contributed by atoms with E-state index in [1.165, 1.54) is 86.0 Å². The number of nitrogens with zero attached hydrogens (tertiary/aromatic N) is 3. The Balaban J connectivity index is 0.000000225. The van der Waals surface area contributed by atoms with Gasteiger partial charge < -0.3 is 53.1 Å². The Hall–Kier alpha value is -8.91. The van der Waals surface area contributed by atoms with Gasteiger partial charge in [0.2, 0.25) is 0 Å². The number of aromatic nitrogens is 1. The van der Waals surface area contributed by atoms with E-state index in [-0.39, 0.29) is 78.4 Å². The quantitative estimate of drug-likeness (QED) is 0.0229. The van der Waals surface area contributed by atoms with Gasteiger partial charge in [-0.05, 0) is 111 Å². The molecule has 4 aromatic carbocycles. The summed E-state index contributed by atoms with van der Waals surface area (Å²) in [6.45, 7) is 13.2. The van der Waals surface area contributed by atoms with Crippen molar-refractivity contribution in [2.75, 3.05) is 74.5 Å². The van der Waals surface area contributed by atoms with E-state index in [1.54, 1.807) is 105 Å². The highest BCUT2D eigenvalue weighted by molar-refractivity contribution is 8.27. The minimum atomic E-state index is -1.10. The van der Waals surface area contributed by atoms with Crippen molar-refractivity contribution in [3.05, 3.63) is 142 Å². The van der Waals surface area contributed by atoms with Gasteiger partial charge in [-0.15, -0.1) is 11.3 Å². The lowest BCUT2D eigenvalue weighted by Gasteiger charge is -2.11. The number of aliphatic carboxylic acids is 1. The third-order valence-electron chi connectivity index (χ3n) is 11.8. The highest BCUT2D eigenvalue weighted by Gasteiger charge is 2.35. The van der Waals surface area contributed by atoms with Crippen molar-refractivity contribution in [1.29, 1.82) is 0 Å². The van der Waals surface area contributed by atoms with Crippen molar-refractivity contribution in [3.8, 4) is 46.0 Å². The number of carboxylic acid groups (broad SMARTS) is 1. The van der Waals surface area contributed by atoms with Crippen LogP contribution in [0.3, 0.4) is 0 Å². The fourth-order valence-corrected chi connectivity index (χ4v) is 12.3. The number of Topliss-reactive ketones (excluding diaryl/α,β-unsaturated/α-hetero) is 3. The smallest absolute Gasteiger partial charge is 0.344 e. The number of hydrogen-bond donors (Lipinski definition) is 3. The molecular formula is C63H62N4O19S7. The number of nitrogens with one attached hydrogen (secondary N) is 1. The number of carboxylic acids is 1. The van der Waals surface area contributed by atoms with Crippen molar-refractivity contribution in [1.82, 2.24) is 19.7 Å². The molecule has 30 heteroatoms. The molecule has 23 nitrogen and oxygen atoms in total. The average molecular weight is 1400 g/mol. The Morgan fingerprint density at radius 2 is 0.978 bits per heavy atom. The van der Waals surface area contributed by atoms with Crippen LogP contribution in [0.4, 0.5) is 0 Å². The highest BCUT2D eigenvalue weighted by atomic mass is 32.2. The third-order valence-corrected chi connectivity index (χ3v) is 16.8. The van der Waals surface area contributed by atoms with Crippen LogP contribution in [0.2, 0.25) is 0 Å². The molecule has 0 unspecified atom stereocenters. The van der Waals surface area contributed by atoms with Crippen molar-refractivity contribution in [2.24, 2.45) is 0 Å². The summed E-state index contributed by atoms with van der Waals surface area (Å²) in [5.74, 6) is 0.0848. The van der Waals surface area contributed by atoms with E-state index < -0.39 is 18.5 Å². The summed E-state index contributed by atoms with van der Waals surface area (Å²) in [4.78, 5) is 112. The zero-order valence-corrected chi connectivity index (χ0v) is 56.9. The molecule has 0 bridgehead atoms. The number of thiocarbonyl (C=S) groups is 3. The van der Waals surface area contributed by atoms with Gasteiger partial charge in [-0.25, -0.2) is 9.59 Å². The van der Waals surface area contributed by atoms with E-state index in [9.17, 15) is 48.3 Å². The first-order valence-corrected chi connectivity index (χ1v) is 31.6. The Morgan fingerprint density at radius 3 is 1.35 bits per heavy atom. The molecule has 0 saturated carbocycles. The Morgan fingerprint density at radius 1 is 0.570 bits per heavy atom. The van der Waals surface area contributed by atoms with Crippen LogP contribution >= 0.6 is 83.3 Å². The number of ketones is 3. The Labute approximate surface area is 566 Å². The lowest BCUT2D eigenvalue weighted by Crippen LogP contribution is -2.32. The summed E-state index contributed by atoms with van der Waals surface area (Å²) in [6, 6.07) is 20.4. The standard InChI is InChI=1S/C17H17NO4S2.C16H15NO6S2.C16H17NO5S.C14H13NO4S2/c1-4-7-22-13-6-5-12(8-14(13)21-3)9-15-16(20)18(10-11(2)19)17(23)24-15;1-9(18)7-17-15(21)13(25-16(17)24)6-10-3-4-11(12(5-10)22-2)23-8-14(19)20;1-4-21-15(18)9-22-12-6-5-11(7-13(12)20-3)8-14-16(19)17-10(2)23-14;1-8(16)7-15-13(18)11(21-14(15)20)6-9-4-3-5-10(19-2)12(9)17/h4-6,8-9H,1,7,10H2,2-3H3;3-6H,7-8H2,1-2H3,(H,19,20);5-8H,2,4,9H2,1,3H3,(H,17,19);3-6,17H,7H2,1-2H3/b;;;11-6+. The molecule has 3 aliphatic heterocycles. The maximum atomic E-state index is 12.3. The number of phenolic OH excluding ortho intramolecular Hbond substituents is 1. The number of hydrogen-bond acceptors (Lipinski definition) is 25. The fraction of sp³-hybridized carbons (Fsp3) is 0.238. The predicted octanol–water partition coefficient (Wildman–Crippen LogP) is 7.82. The number of ether oxygens (including phenoxy) is 8. The molecule has 0 aliphatic carbocycles. The molecule has 93 heavy (non-hydrogen) atoms. The van der Waals surface area contributed by atoms with Crippen LogP contribution in [0.25, 0.3) is 30.9 Å². The molecule has 3 fully saturated rings. The van der Waals surface area contributed by atoms with Gasteiger partial charge in [-0.2, -0.15) is 0 Å². The Bertz CT molecular complexity index is 4030. The van der Waals surface area contributed by atoms with E-state index in [4.69, 9.17) is 79.7 Å². The van der Waals surface area contributed by atoms with Crippen LogP contribution in [0.1, 0.15) is 49.9 Å². The van der Waals surface area contributed by atoms with E-state index in [1.807, 2.05) is 6.07 Å². The topological polar surface area (TPSA) is 293 Å². The normalized spacial score (nSPS) is 14.8. The maximum Gasteiger partial charge on any atom is 0.344 e. The lowest BCUT2D eigenvalue weighted by atomic mass is 10.1. The molecule has 4 heterocycles. The third kappa shape index (κ3) is 22.1. The van der Waals surface area contributed by atoms with Gasteiger partial charge in [0, 0.05) is 5.56 Å². The van der Waals surface area contributed by atoms with Crippen molar-refractivity contribution in [2.45, 2.75) is 27.7 Å². The molecule has 490 valence electrons. The molecule has 0 radical (unpaired) electrons. The molecular weight excluding hydrogens is 1340 g/mol. The number of esters is 1. The van der Waals surface area contributed by atoms with Gasteiger partial charge in [0.25, 0.3) is 23.3 Å². The number of amides is 3. The van der Waals surface area contributed by atoms with Gasteiger partial charge in [-0.1, -0.05) is 122 Å². The predicted molar refractivity (Wildman–Crippen MR) is 370 cm³/mol. The molecule has 8 rings (SSSR count). The van der Waals surface area contributed by atoms with Gasteiger partial charge in [-0.3, -0.25) is 48.3 Å². The minimum absolute atomic E-state index is 0.000338. The molecule has 0 atom stereocenters. The second-order valence-corrected chi connectivity index (χ2v) is 25.1. The van der Waals surface area contributed by atoms with Crippen LogP contribution in [0, 0.1) is 0 Å². The van der Waals surface area contributed by atoms with Crippen molar-refractivity contribution in [3.63, 3.8) is 0 Å². The number of aromatic hydroxyl groups is 1. The molecule has 3 saturated heterocycles. The minimum Gasteiger partial charge on any atom is -0.504 e. The molecule has 3 N–H and O–H groups in total. The van der Waals surface area contributed by atoms with Crippen LogP contribution in [-0.4, -0.2) is 164 Å². The molecule has 3 aliphatic rings. The number of carbonyl (C=O) groups excluding carboxylic acids is 7. The fourth-order valence-electron chi connectivity index (χ4n) is 7.79. The van der Waals surface area contributed by atoms with E-state index in [0.717, 1.165) is 34.7 Å². The van der Waals surface area contributed by atoms with Gasteiger partial charge >= 0.3 is 11.9 Å². The summed E-state index contributed by atoms with van der Waals surface area (Å²) >= 11 is 20.1. The number of rotatable bonds is 24. The van der Waals surface area contributed by atoms with Crippen LogP contribution in [-0.2, 0) is 43.1 Å². The number of phenols is 1. The molecule has 0 spiro atoms. The second-order valence-electron chi connectivity index (χ2n) is 18.9. The molecule has 1 aromatic heterocycles. The monoisotopic (exact) mass is 1400 g/mol. The molecule has 3 amide bonds. The zero-order valence-electron chi connectivity index (χ0n) is 51.2. The van der Waals surface area contributed by atoms with Crippen molar-refractivity contribution >= 4 is 174 Å². The van der Waals surface area contributed by atoms with E-state index in [2.05, 4.69) is 18.1 Å². The van der Waals surface area contributed by atoms with Gasteiger partial charge in [0.1, 0.15) is 36.9 Å². The first kappa shape index (κ1) is 74.8. The summed E-state index contributed by atoms with van der Waals surface area (Å²) in [5, 5.41) is 18.7. The SMILES string of the molecule is C=CCOc1ccc(C=C2SC(=S)N(CC(C)=O)C2=O)cc1OC.C=c1[nH]c(=O)c(=Cc2ccc(OCC(=O)OCC)c(OC)c2)s1.COc1cc(C=C2SC(=S)N(CC(C)=O)C2=O)ccc1OCC(=O)O.COc1cccc(/C=C2/SC(=S)N(CC(C)=O)C2=O)c1O. The van der Waals surface area contributed by atoms with Crippen LogP contribution in [0.5, 0.6) is 46.0 Å². The number of aromatic amines is 1. The highest BCUT2D eigenvalue weighted by Crippen LogP contribution is 2.39. The summed E-state index contributed by atoms with van der Waals surface area (Å²) in [5.41, 5.74) is 2.49. The number of carbonyl (C=O) groups is 8. The number of thiazole rings is 1. The number of benzene rings is 4. The number of para-hydroxylation sites is 1. The summed E-state index contributed by atoms with van der Waals surface area (Å²) in [6.07, 6.45) is 8.27. The van der Waals surface area contributed by atoms with Gasteiger partial charge in [0.05, 0.1) is 78.6 Å². The first-order valence-electron chi connectivity index (χ1n) is 27.2. The lowest BCUT2D eigenvalue weighted by molar-refractivity contribution is -0.145. The van der Waals surface area contributed by atoms with E-state index in [0.29, 0.717) is 95.7 Å². The van der Waals surface area contributed by atoms with Gasteiger partial charge in [0.15, 0.2) is 59.2 Å². The zero-order chi connectivity index (χ0) is 68.6. The first-order chi connectivity index (χ1) is 44.2. The van der Waals surface area contributed by atoms with E-state index >= 15 is 0 Å². The summed E-state index contributed by atoms with van der Waals surface area (Å²) in [7, 11) is 5.93. The largest absolute Gasteiger partial charge is 0.504 e. The molecule has 5 aromatic rings.